The molecule has 1 aromatic carbocycles. The van der Waals surface area contributed by atoms with Crippen LogP contribution in [-0.4, -0.2) is 19.9 Å². The Hall–Kier alpha value is -2.20. The van der Waals surface area contributed by atoms with Gasteiger partial charge >= 0.3 is 0 Å². The standard InChI is InChI=1S/C15H15N3O/c1-2-18-14(7-9-17-18)15(19)12-5-3-4-11-6-8-16-10-13(11)12/h3-10,15,19H,2H2,1H3. The van der Waals surface area contributed by atoms with Gasteiger partial charge in [-0.3, -0.25) is 9.67 Å². The van der Waals surface area contributed by atoms with Crippen molar-refractivity contribution in [1.82, 2.24) is 14.8 Å². The second-order valence-electron chi connectivity index (χ2n) is 4.42. The zero-order chi connectivity index (χ0) is 13.2. The van der Waals surface area contributed by atoms with E-state index in [9.17, 15) is 5.11 Å². The molecule has 0 aliphatic rings. The van der Waals surface area contributed by atoms with Crippen molar-refractivity contribution in [3.8, 4) is 0 Å². The van der Waals surface area contributed by atoms with Crippen LogP contribution in [0.15, 0.2) is 48.9 Å². The maximum atomic E-state index is 10.6. The molecule has 2 heterocycles. The van der Waals surface area contributed by atoms with E-state index in [2.05, 4.69) is 10.1 Å². The number of aliphatic hydroxyl groups is 1. The summed E-state index contributed by atoms with van der Waals surface area (Å²) in [6.45, 7) is 2.75. The van der Waals surface area contributed by atoms with E-state index in [0.29, 0.717) is 0 Å². The molecule has 3 rings (SSSR count). The summed E-state index contributed by atoms with van der Waals surface area (Å²) in [7, 11) is 0. The fourth-order valence-corrected chi connectivity index (χ4v) is 2.37. The van der Waals surface area contributed by atoms with Crippen molar-refractivity contribution in [2.24, 2.45) is 0 Å². The maximum absolute atomic E-state index is 10.6. The Kier molecular flexibility index (Phi) is 3.01. The number of aromatic nitrogens is 3. The highest BCUT2D eigenvalue weighted by molar-refractivity contribution is 5.85. The van der Waals surface area contributed by atoms with Crippen LogP contribution in [-0.2, 0) is 6.54 Å². The summed E-state index contributed by atoms with van der Waals surface area (Å²) in [5.41, 5.74) is 1.67. The normalized spacial score (nSPS) is 12.7. The van der Waals surface area contributed by atoms with Gasteiger partial charge in [0.1, 0.15) is 6.10 Å². The number of nitrogens with zero attached hydrogens (tertiary/aromatic N) is 3. The number of hydrogen-bond acceptors (Lipinski definition) is 3. The van der Waals surface area contributed by atoms with Gasteiger partial charge in [0.2, 0.25) is 0 Å². The van der Waals surface area contributed by atoms with Crippen molar-refractivity contribution >= 4 is 10.8 Å². The largest absolute Gasteiger partial charge is 0.382 e. The van der Waals surface area contributed by atoms with Crippen molar-refractivity contribution in [3.05, 3.63) is 60.2 Å². The third-order valence-electron chi connectivity index (χ3n) is 3.34. The molecule has 0 aliphatic heterocycles. The fourth-order valence-electron chi connectivity index (χ4n) is 2.37. The van der Waals surface area contributed by atoms with Crippen LogP contribution in [0.4, 0.5) is 0 Å². The van der Waals surface area contributed by atoms with E-state index in [0.717, 1.165) is 28.6 Å². The first-order valence-corrected chi connectivity index (χ1v) is 6.33. The van der Waals surface area contributed by atoms with Gasteiger partial charge in [-0.05, 0) is 30.0 Å². The molecule has 4 nitrogen and oxygen atoms in total. The van der Waals surface area contributed by atoms with Crippen LogP contribution in [0.1, 0.15) is 24.3 Å². The molecule has 2 aromatic heterocycles. The van der Waals surface area contributed by atoms with E-state index in [1.165, 1.54) is 0 Å². The Balaban J connectivity index is 2.14. The van der Waals surface area contributed by atoms with E-state index in [1.807, 2.05) is 37.3 Å². The quantitative estimate of drug-likeness (QED) is 0.780. The molecule has 0 spiro atoms. The molecule has 1 atom stereocenters. The summed E-state index contributed by atoms with van der Waals surface area (Å²) >= 11 is 0. The van der Waals surface area contributed by atoms with Crippen molar-refractivity contribution < 1.29 is 5.11 Å². The van der Waals surface area contributed by atoms with Crippen LogP contribution in [0.2, 0.25) is 0 Å². The summed E-state index contributed by atoms with van der Waals surface area (Å²) in [5.74, 6) is 0. The molecule has 19 heavy (non-hydrogen) atoms. The monoisotopic (exact) mass is 253 g/mol. The highest BCUT2D eigenvalue weighted by Crippen LogP contribution is 2.28. The Morgan fingerprint density at radius 3 is 2.95 bits per heavy atom. The number of pyridine rings is 1. The molecule has 1 unspecified atom stereocenters. The lowest BCUT2D eigenvalue weighted by molar-refractivity contribution is 0.209. The van der Waals surface area contributed by atoms with Crippen molar-refractivity contribution in [3.63, 3.8) is 0 Å². The van der Waals surface area contributed by atoms with Crippen LogP contribution in [0, 0.1) is 0 Å². The summed E-state index contributed by atoms with van der Waals surface area (Å²) in [6, 6.07) is 9.70. The second-order valence-corrected chi connectivity index (χ2v) is 4.42. The molecule has 0 amide bonds. The van der Waals surface area contributed by atoms with Crippen molar-refractivity contribution in [2.75, 3.05) is 0 Å². The lowest BCUT2D eigenvalue weighted by atomic mass is 10.0. The summed E-state index contributed by atoms with van der Waals surface area (Å²) < 4.78 is 1.81. The highest BCUT2D eigenvalue weighted by atomic mass is 16.3. The van der Waals surface area contributed by atoms with Gasteiger partial charge in [0.15, 0.2) is 0 Å². The highest BCUT2D eigenvalue weighted by Gasteiger charge is 2.17. The predicted molar refractivity (Wildman–Crippen MR) is 73.7 cm³/mol. The number of aliphatic hydroxyl groups excluding tert-OH is 1. The molecule has 4 heteroatoms. The predicted octanol–water partition coefficient (Wildman–Crippen LogP) is 2.53. The van der Waals surface area contributed by atoms with Crippen molar-refractivity contribution in [2.45, 2.75) is 19.6 Å². The molecule has 1 N–H and O–H groups in total. The zero-order valence-corrected chi connectivity index (χ0v) is 10.7. The SMILES string of the molecule is CCn1nccc1C(O)c1cccc2ccncc12. The summed E-state index contributed by atoms with van der Waals surface area (Å²) in [5, 5.41) is 16.9. The number of hydrogen-bond donors (Lipinski definition) is 1. The van der Waals surface area contributed by atoms with Gasteiger partial charge < -0.3 is 5.11 Å². The minimum atomic E-state index is -0.685. The second kappa shape index (κ2) is 4.82. The van der Waals surface area contributed by atoms with Crippen LogP contribution >= 0.6 is 0 Å². The van der Waals surface area contributed by atoms with E-state index < -0.39 is 6.10 Å². The molecule has 0 radical (unpaired) electrons. The molecule has 0 fully saturated rings. The minimum Gasteiger partial charge on any atom is -0.382 e. The molecular formula is C15H15N3O. The van der Waals surface area contributed by atoms with E-state index in [1.54, 1.807) is 23.3 Å². The van der Waals surface area contributed by atoms with E-state index in [4.69, 9.17) is 0 Å². The maximum Gasteiger partial charge on any atom is 0.121 e. The zero-order valence-electron chi connectivity index (χ0n) is 10.7. The topological polar surface area (TPSA) is 50.9 Å². The first-order chi connectivity index (χ1) is 9.31. The van der Waals surface area contributed by atoms with Gasteiger partial charge in [0, 0.05) is 30.5 Å². The summed E-state index contributed by atoms with van der Waals surface area (Å²) in [6.07, 6.45) is 4.58. The van der Waals surface area contributed by atoms with Crippen LogP contribution in [0.3, 0.4) is 0 Å². The van der Waals surface area contributed by atoms with E-state index in [-0.39, 0.29) is 0 Å². The first-order valence-electron chi connectivity index (χ1n) is 6.33. The Bertz CT molecular complexity index is 700. The molecule has 0 bridgehead atoms. The minimum absolute atomic E-state index is 0.685. The molecule has 0 saturated heterocycles. The van der Waals surface area contributed by atoms with Gasteiger partial charge in [0.25, 0.3) is 0 Å². The Morgan fingerprint density at radius 2 is 2.11 bits per heavy atom. The average Bonchev–Trinajstić information content (AvgIpc) is 2.94. The Morgan fingerprint density at radius 1 is 1.21 bits per heavy atom. The fraction of sp³-hybridized carbons (Fsp3) is 0.200. The van der Waals surface area contributed by atoms with Gasteiger partial charge in [0.05, 0.1) is 5.69 Å². The number of aryl methyl sites for hydroxylation is 1. The van der Waals surface area contributed by atoms with Gasteiger partial charge in [-0.25, -0.2) is 0 Å². The molecule has 3 aromatic rings. The summed E-state index contributed by atoms with van der Waals surface area (Å²) in [4.78, 5) is 4.15. The smallest absolute Gasteiger partial charge is 0.121 e. The average molecular weight is 253 g/mol. The molecular weight excluding hydrogens is 238 g/mol. The van der Waals surface area contributed by atoms with Crippen LogP contribution in [0.25, 0.3) is 10.8 Å². The van der Waals surface area contributed by atoms with Gasteiger partial charge in [-0.15, -0.1) is 0 Å². The molecule has 96 valence electrons. The van der Waals surface area contributed by atoms with Crippen LogP contribution < -0.4 is 0 Å². The van der Waals surface area contributed by atoms with Gasteiger partial charge in [-0.1, -0.05) is 18.2 Å². The third kappa shape index (κ3) is 2.00. The number of fused-ring (bicyclic) bond motifs is 1. The van der Waals surface area contributed by atoms with Gasteiger partial charge in [-0.2, -0.15) is 5.10 Å². The molecule has 0 aliphatic carbocycles. The molecule has 0 saturated carbocycles. The van der Waals surface area contributed by atoms with E-state index >= 15 is 0 Å². The first kappa shape index (κ1) is 11.9. The Labute approximate surface area is 111 Å². The van der Waals surface area contributed by atoms with Crippen molar-refractivity contribution in [1.29, 1.82) is 0 Å². The third-order valence-corrected chi connectivity index (χ3v) is 3.34. The number of benzene rings is 1. The number of rotatable bonds is 3. The lowest BCUT2D eigenvalue weighted by Crippen LogP contribution is -2.09. The van der Waals surface area contributed by atoms with Crippen LogP contribution in [0.5, 0.6) is 0 Å². The lowest BCUT2D eigenvalue weighted by Gasteiger charge is -2.14.